The Bertz CT molecular complexity index is 1140. The normalized spacial score (nSPS) is 11.7. The van der Waals surface area contributed by atoms with Crippen LogP contribution in [0.1, 0.15) is 23.6 Å². The number of hydrogen-bond acceptors (Lipinski definition) is 3. The molecular weight excluding hydrogens is 386 g/mol. The number of nitrogens with one attached hydrogen (secondary N) is 2. The summed E-state index contributed by atoms with van der Waals surface area (Å²) in [6, 6.07) is 18.7. The molecule has 7 nitrogen and oxygen atoms in total. The van der Waals surface area contributed by atoms with Gasteiger partial charge in [-0.05, 0) is 31.0 Å². The van der Waals surface area contributed by atoms with E-state index in [9.17, 15) is 0 Å². The fraction of sp³-hybridized carbons (Fsp3) is 0.292. The third kappa shape index (κ3) is 5.12. The third-order valence-electron chi connectivity index (χ3n) is 5.33. The fourth-order valence-electron chi connectivity index (χ4n) is 3.74. The van der Waals surface area contributed by atoms with Crippen LogP contribution < -0.4 is 10.6 Å². The first-order chi connectivity index (χ1) is 15.2. The molecule has 0 spiro atoms. The number of benzene rings is 2. The Balaban J connectivity index is 1.26. The first kappa shape index (κ1) is 20.7. The predicted octanol–water partition coefficient (Wildman–Crippen LogP) is 3.34. The molecule has 0 atom stereocenters. The molecule has 0 aliphatic heterocycles. The Morgan fingerprint density at radius 1 is 1.03 bits per heavy atom. The van der Waals surface area contributed by atoms with Gasteiger partial charge in [-0.25, -0.2) is 9.97 Å². The summed E-state index contributed by atoms with van der Waals surface area (Å²) in [4.78, 5) is 13.5. The van der Waals surface area contributed by atoms with E-state index in [2.05, 4.69) is 84.1 Å². The third-order valence-corrected chi connectivity index (χ3v) is 5.33. The lowest BCUT2D eigenvalue weighted by Crippen LogP contribution is -2.38. The maximum Gasteiger partial charge on any atom is 0.191 e. The highest BCUT2D eigenvalue weighted by molar-refractivity contribution is 5.79. The summed E-state index contributed by atoms with van der Waals surface area (Å²) in [6.07, 6.45) is 4.83. The van der Waals surface area contributed by atoms with E-state index in [0.29, 0.717) is 6.54 Å². The van der Waals surface area contributed by atoms with E-state index in [1.165, 1.54) is 11.1 Å². The van der Waals surface area contributed by atoms with Gasteiger partial charge in [0, 0.05) is 39.1 Å². The molecule has 31 heavy (non-hydrogen) atoms. The van der Waals surface area contributed by atoms with Gasteiger partial charge in [-0.1, -0.05) is 42.5 Å². The highest BCUT2D eigenvalue weighted by atomic mass is 15.2. The lowest BCUT2D eigenvalue weighted by atomic mass is 10.2. The van der Waals surface area contributed by atoms with Crippen molar-refractivity contribution in [2.45, 2.75) is 33.0 Å². The summed E-state index contributed by atoms with van der Waals surface area (Å²) < 4.78 is 4.43. The number of aryl methyl sites for hydroxylation is 2. The molecule has 0 aliphatic carbocycles. The Morgan fingerprint density at radius 2 is 1.84 bits per heavy atom. The van der Waals surface area contributed by atoms with E-state index in [1.807, 2.05) is 24.5 Å². The summed E-state index contributed by atoms with van der Waals surface area (Å²) in [5, 5.41) is 6.77. The number of hydrogen-bond donors (Lipinski definition) is 2. The van der Waals surface area contributed by atoms with Crippen molar-refractivity contribution < 1.29 is 0 Å². The molecule has 0 aliphatic rings. The van der Waals surface area contributed by atoms with Crippen LogP contribution in [0.15, 0.2) is 72.0 Å². The maximum atomic E-state index is 4.64. The van der Waals surface area contributed by atoms with Gasteiger partial charge in [0.25, 0.3) is 0 Å². The second-order valence-electron chi connectivity index (χ2n) is 7.46. The largest absolute Gasteiger partial charge is 0.356 e. The van der Waals surface area contributed by atoms with Crippen LogP contribution in [0.5, 0.6) is 0 Å². The van der Waals surface area contributed by atoms with E-state index in [1.54, 1.807) is 7.05 Å². The molecule has 7 heteroatoms. The van der Waals surface area contributed by atoms with Crippen molar-refractivity contribution in [3.8, 4) is 0 Å². The Morgan fingerprint density at radius 3 is 2.68 bits per heavy atom. The molecule has 0 fully saturated rings. The molecule has 160 valence electrons. The van der Waals surface area contributed by atoms with Crippen LogP contribution in [0.25, 0.3) is 11.0 Å². The van der Waals surface area contributed by atoms with Crippen LogP contribution in [0.2, 0.25) is 0 Å². The summed E-state index contributed by atoms with van der Waals surface area (Å²) in [6.45, 7) is 5.22. The Hall–Kier alpha value is -3.61. The number of guanidine groups is 1. The quantitative estimate of drug-likeness (QED) is 0.263. The van der Waals surface area contributed by atoms with Crippen LogP contribution in [-0.2, 0) is 19.6 Å². The maximum absolute atomic E-state index is 4.64. The highest BCUT2D eigenvalue weighted by Gasteiger charge is 2.07. The number of aliphatic imine (C=N–C) groups is 1. The molecule has 2 aromatic heterocycles. The molecule has 2 N–H and O–H groups in total. The minimum absolute atomic E-state index is 0.616. The molecule has 0 unspecified atom stereocenters. The standard InChI is InChI=1S/C24H29N7/c1-19-29-21-11-6-7-12-22(21)31(19)15-8-13-27-24(25-2)28-17-23-26-14-16-30(23)18-20-9-4-3-5-10-20/h3-7,9-12,14,16H,8,13,15,17-18H2,1-2H3,(H2,25,27,28). The minimum Gasteiger partial charge on any atom is -0.356 e. The predicted molar refractivity (Wildman–Crippen MR) is 125 cm³/mol. The van der Waals surface area contributed by atoms with Crippen LogP contribution >= 0.6 is 0 Å². The monoisotopic (exact) mass is 415 g/mol. The van der Waals surface area contributed by atoms with Crippen molar-refractivity contribution >= 4 is 17.0 Å². The Labute approximate surface area is 182 Å². The first-order valence-corrected chi connectivity index (χ1v) is 10.6. The van der Waals surface area contributed by atoms with Crippen molar-refractivity contribution in [1.82, 2.24) is 29.7 Å². The lowest BCUT2D eigenvalue weighted by molar-refractivity contribution is 0.621. The number of aromatic nitrogens is 4. The van der Waals surface area contributed by atoms with Gasteiger partial charge in [-0.15, -0.1) is 0 Å². The van der Waals surface area contributed by atoms with Crippen LogP contribution in [-0.4, -0.2) is 38.7 Å². The van der Waals surface area contributed by atoms with E-state index < -0.39 is 0 Å². The number of imidazole rings is 2. The van der Waals surface area contributed by atoms with Gasteiger partial charge in [-0.3, -0.25) is 4.99 Å². The average Bonchev–Trinajstić information content (AvgIpc) is 3.37. The summed E-state index contributed by atoms with van der Waals surface area (Å²) in [7, 11) is 1.79. The van der Waals surface area contributed by atoms with E-state index in [4.69, 9.17) is 0 Å². The zero-order valence-electron chi connectivity index (χ0n) is 18.1. The second-order valence-corrected chi connectivity index (χ2v) is 7.46. The SMILES string of the molecule is CN=C(NCCCn1c(C)nc2ccccc21)NCc1nccn1Cc1ccccc1. The summed E-state index contributed by atoms with van der Waals surface area (Å²) >= 11 is 0. The molecule has 4 aromatic rings. The van der Waals surface area contributed by atoms with Gasteiger partial charge in [0.2, 0.25) is 0 Å². The van der Waals surface area contributed by atoms with Crippen LogP contribution in [0.3, 0.4) is 0 Å². The van der Waals surface area contributed by atoms with Crippen molar-refractivity contribution in [1.29, 1.82) is 0 Å². The molecular formula is C24H29N7. The topological polar surface area (TPSA) is 72.1 Å². The summed E-state index contributed by atoms with van der Waals surface area (Å²) in [5.41, 5.74) is 3.50. The van der Waals surface area contributed by atoms with Gasteiger partial charge in [0.05, 0.1) is 17.6 Å². The molecule has 0 radical (unpaired) electrons. The lowest BCUT2D eigenvalue weighted by Gasteiger charge is -2.13. The second kappa shape index (κ2) is 9.93. The minimum atomic E-state index is 0.616. The van der Waals surface area contributed by atoms with Crippen molar-refractivity contribution in [2.75, 3.05) is 13.6 Å². The first-order valence-electron chi connectivity index (χ1n) is 10.6. The molecule has 2 aromatic carbocycles. The summed E-state index contributed by atoms with van der Waals surface area (Å²) in [5.74, 6) is 2.81. The van der Waals surface area contributed by atoms with Crippen molar-refractivity contribution in [3.63, 3.8) is 0 Å². The molecule has 0 saturated carbocycles. The van der Waals surface area contributed by atoms with Gasteiger partial charge in [0.15, 0.2) is 5.96 Å². The zero-order chi connectivity index (χ0) is 21.5. The molecule has 0 bridgehead atoms. The average molecular weight is 416 g/mol. The van der Waals surface area contributed by atoms with Gasteiger partial charge >= 0.3 is 0 Å². The van der Waals surface area contributed by atoms with Gasteiger partial charge in [-0.2, -0.15) is 0 Å². The fourth-order valence-corrected chi connectivity index (χ4v) is 3.74. The number of para-hydroxylation sites is 2. The number of fused-ring (bicyclic) bond motifs is 1. The molecule has 2 heterocycles. The number of nitrogens with zero attached hydrogens (tertiary/aromatic N) is 5. The van der Waals surface area contributed by atoms with Crippen LogP contribution in [0, 0.1) is 6.92 Å². The van der Waals surface area contributed by atoms with Gasteiger partial charge in [0.1, 0.15) is 11.6 Å². The van der Waals surface area contributed by atoms with E-state index in [-0.39, 0.29) is 0 Å². The Kier molecular flexibility index (Phi) is 6.62. The molecule has 0 amide bonds. The number of rotatable bonds is 8. The highest BCUT2D eigenvalue weighted by Crippen LogP contribution is 2.15. The van der Waals surface area contributed by atoms with Crippen molar-refractivity contribution in [3.05, 3.63) is 84.2 Å². The molecule has 0 saturated heterocycles. The smallest absolute Gasteiger partial charge is 0.191 e. The van der Waals surface area contributed by atoms with E-state index >= 15 is 0 Å². The van der Waals surface area contributed by atoms with Gasteiger partial charge < -0.3 is 19.8 Å². The van der Waals surface area contributed by atoms with Crippen molar-refractivity contribution in [2.24, 2.45) is 4.99 Å². The van der Waals surface area contributed by atoms with E-state index in [0.717, 1.165) is 49.2 Å². The zero-order valence-corrected chi connectivity index (χ0v) is 18.1. The molecule has 4 rings (SSSR count). The van der Waals surface area contributed by atoms with Crippen LogP contribution in [0.4, 0.5) is 0 Å².